The molecule has 0 heterocycles. The van der Waals surface area contributed by atoms with Crippen molar-refractivity contribution in [3.8, 4) is 5.75 Å². The van der Waals surface area contributed by atoms with Crippen LogP contribution in [0, 0.1) is 0 Å². The van der Waals surface area contributed by atoms with Crippen molar-refractivity contribution in [3.63, 3.8) is 0 Å². The molecule has 6 heteroatoms. The minimum absolute atomic E-state index is 0.274. The molecular weight excluding hydrogens is 228 g/mol. The third-order valence-electron chi connectivity index (χ3n) is 2.13. The van der Waals surface area contributed by atoms with Crippen molar-refractivity contribution in [1.29, 1.82) is 0 Å². The number of nitrogen functional groups attached to an aromatic ring is 1. The third kappa shape index (κ3) is 3.03. The second kappa shape index (κ2) is 3.86. The number of nitrogens with one attached hydrogen (secondary N) is 1. The number of hydrogen-bond acceptors (Lipinski definition) is 4. The molecule has 3 N–H and O–H groups in total. The van der Waals surface area contributed by atoms with Gasteiger partial charge in [-0.05, 0) is 31.0 Å². The van der Waals surface area contributed by atoms with E-state index in [4.69, 9.17) is 10.5 Å². The molecule has 1 aliphatic carbocycles. The Morgan fingerprint density at radius 3 is 2.62 bits per heavy atom. The topological polar surface area (TPSA) is 81.4 Å². The van der Waals surface area contributed by atoms with Gasteiger partial charge in [-0.1, -0.05) is 0 Å². The van der Waals surface area contributed by atoms with Crippen LogP contribution in [-0.4, -0.2) is 20.8 Å². The quantitative estimate of drug-likeness (QED) is 0.777. The van der Waals surface area contributed by atoms with E-state index in [0.717, 1.165) is 19.1 Å². The Labute approximate surface area is 94.6 Å². The van der Waals surface area contributed by atoms with E-state index in [-0.39, 0.29) is 6.10 Å². The summed E-state index contributed by atoms with van der Waals surface area (Å²) in [7, 11) is -3.26. The van der Waals surface area contributed by atoms with Gasteiger partial charge in [-0.3, -0.25) is 4.72 Å². The molecule has 0 atom stereocenters. The summed E-state index contributed by atoms with van der Waals surface area (Å²) in [4.78, 5) is 0. The second-order valence-electron chi connectivity index (χ2n) is 3.94. The van der Waals surface area contributed by atoms with Crippen LogP contribution in [0.3, 0.4) is 0 Å². The molecular formula is C10H14N2O3S. The first-order valence-electron chi connectivity index (χ1n) is 4.98. The molecule has 1 saturated carbocycles. The highest BCUT2D eigenvalue weighted by molar-refractivity contribution is 7.92. The molecule has 88 valence electrons. The number of sulfonamides is 1. The normalized spacial score (nSPS) is 15.8. The highest BCUT2D eigenvalue weighted by atomic mass is 32.2. The smallest absolute Gasteiger partial charge is 0.229 e. The molecule has 0 bridgehead atoms. The molecule has 16 heavy (non-hydrogen) atoms. The van der Waals surface area contributed by atoms with Gasteiger partial charge >= 0.3 is 0 Å². The number of benzene rings is 1. The van der Waals surface area contributed by atoms with E-state index in [2.05, 4.69) is 4.72 Å². The average molecular weight is 242 g/mol. The lowest BCUT2D eigenvalue weighted by atomic mass is 10.2. The average Bonchev–Trinajstić information content (AvgIpc) is 2.90. The maximum Gasteiger partial charge on any atom is 0.229 e. The Kier molecular flexibility index (Phi) is 2.67. The van der Waals surface area contributed by atoms with Crippen molar-refractivity contribution in [2.24, 2.45) is 0 Å². The summed E-state index contributed by atoms with van der Waals surface area (Å²) in [6.45, 7) is 0. The van der Waals surface area contributed by atoms with Gasteiger partial charge in [-0.2, -0.15) is 0 Å². The standard InChI is InChI=1S/C10H14N2O3S/c1-16(13,14)12-7-2-5-10(9(11)6-7)15-8-3-4-8/h2,5-6,8,12H,3-4,11H2,1H3. The van der Waals surface area contributed by atoms with Crippen LogP contribution in [0.4, 0.5) is 11.4 Å². The number of anilines is 2. The molecule has 0 unspecified atom stereocenters. The van der Waals surface area contributed by atoms with Crippen LogP contribution in [0.2, 0.25) is 0 Å². The predicted molar refractivity (Wildman–Crippen MR) is 63.0 cm³/mol. The van der Waals surface area contributed by atoms with Crippen molar-refractivity contribution in [2.75, 3.05) is 16.7 Å². The molecule has 0 aromatic heterocycles. The molecule has 0 aliphatic heterocycles. The van der Waals surface area contributed by atoms with Gasteiger partial charge < -0.3 is 10.5 Å². The molecule has 5 nitrogen and oxygen atoms in total. The summed E-state index contributed by atoms with van der Waals surface area (Å²) in [6.07, 6.45) is 3.49. The summed E-state index contributed by atoms with van der Waals surface area (Å²) < 4.78 is 29.9. The molecule has 0 amide bonds. The SMILES string of the molecule is CS(=O)(=O)Nc1ccc(OC2CC2)c(N)c1. The zero-order valence-electron chi connectivity index (χ0n) is 8.93. The molecule has 1 aromatic rings. The highest BCUT2D eigenvalue weighted by Gasteiger charge is 2.24. The van der Waals surface area contributed by atoms with Gasteiger partial charge in [0, 0.05) is 0 Å². The van der Waals surface area contributed by atoms with E-state index in [1.54, 1.807) is 18.2 Å². The molecule has 0 saturated heterocycles. The van der Waals surface area contributed by atoms with Gasteiger partial charge in [-0.25, -0.2) is 8.42 Å². The Hall–Kier alpha value is -1.43. The largest absolute Gasteiger partial charge is 0.488 e. The highest BCUT2D eigenvalue weighted by Crippen LogP contribution is 2.32. The number of nitrogens with two attached hydrogens (primary N) is 1. The van der Waals surface area contributed by atoms with Crippen LogP contribution >= 0.6 is 0 Å². The van der Waals surface area contributed by atoms with E-state index in [1.165, 1.54) is 0 Å². The number of ether oxygens (including phenoxy) is 1. The zero-order valence-corrected chi connectivity index (χ0v) is 9.75. The first-order valence-corrected chi connectivity index (χ1v) is 6.87. The maximum absolute atomic E-state index is 11.0. The molecule has 1 aromatic carbocycles. The third-order valence-corrected chi connectivity index (χ3v) is 2.74. The van der Waals surface area contributed by atoms with E-state index in [9.17, 15) is 8.42 Å². The van der Waals surface area contributed by atoms with Crippen molar-refractivity contribution >= 4 is 21.4 Å². The van der Waals surface area contributed by atoms with Crippen LogP contribution in [0.1, 0.15) is 12.8 Å². The lowest BCUT2D eigenvalue weighted by Crippen LogP contribution is -2.10. The monoisotopic (exact) mass is 242 g/mol. The fraction of sp³-hybridized carbons (Fsp3) is 0.400. The predicted octanol–water partition coefficient (Wildman–Crippen LogP) is 1.18. The van der Waals surface area contributed by atoms with Gasteiger partial charge in [0.1, 0.15) is 5.75 Å². The van der Waals surface area contributed by atoms with Crippen LogP contribution in [0.25, 0.3) is 0 Å². The van der Waals surface area contributed by atoms with Crippen LogP contribution < -0.4 is 15.2 Å². The Balaban J connectivity index is 2.14. The number of rotatable bonds is 4. The Morgan fingerprint density at radius 1 is 1.44 bits per heavy atom. The summed E-state index contributed by atoms with van der Waals surface area (Å²) in [6, 6.07) is 4.87. The molecule has 0 radical (unpaired) electrons. The Bertz CT molecular complexity index is 495. The summed E-state index contributed by atoms with van der Waals surface area (Å²) in [5.41, 5.74) is 6.65. The minimum atomic E-state index is -3.26. The van der Waals surface area contributed by atoms with Gasteiger partial charge in [-0.15, -0.1) is 0 Å². The van der Waals surface area contributed by atoms with Crippen LogP contribution in [0.5, 0.6) is 5.75 Å². The van der Waals surface area contributed by atoms with Gasteiger partial charge in [0.2, 0.25) is 10.0 Å². The molecule has 0 spiro atoms. The van der Waals surface area contributed by atoms with Gasteiger partial charge in [0.15, 0.2) is 0 Å². The van der Waals surface area contributed by atoms with Gasteiger partial charge in [0.05, 0.1) is 23.7 Å². The summed E-state index contributed by atoms with van der Waals surface area (Å²) >= 11 is 0. The fourth-order valence-electron chi connectivity index (χ4n) is 1.30. The van der Waals surface area contributed by atoms with Gasteiger partial charge in [0.25, 0.3) is 0 Å². The molecule has 1 aliphatic rings. The molecule has 2 rings (SSSR count). The summed E-state index contributed by atoms with van der Waals surface area (Å²) in [5.74, 6) is 0.613. The van der Waals surface area contributed by atoms with Crippen LogP contribution in [0.15, 0.2) is 18.2 Å². The van der Waals surface area contributed by atoms with E-state index >= 15 is 0 Å². The van der Waals surface area contributed by atoms with Crippen LogP contribution in [-0.2, 0) is 10.0 Å². The number of hydrogen-bond donors (Lipinski definition) is 2. The second-order valence-corrected chi connectivity index (χ2v) is 5.69. The van der Waals surface area contributed by atoms with Crippen molar-refractivity contribution in [1.82, 2.24) is 0 Å². The first kappa shape index (κ1) is 11.1. The van der Waals surface area contributed by atoms with Crippen molar-refractivity contribution in [2.45, 2.75) is 18.9 Å². The molecule has 1 fully saturated rings. The van der Waals surface area contributed by atoms with E-state index in [1.807, 2.05) is 0 Å². The van der Waals surface area contributed by atoms with E-state index in [0.29, 0.717) is 17.1 Å². The van der Waals surface area contributed by atoms with Crippen molar-refractivity contribution < 1.29 is 13.2 Å². The van der Waals surface area contributed by atoms with Crippen molar-refractivity contribution in [3.05, 3.63) is 18.2 Å². The maximum atomic E-state index is 11.0. The lowest BCUT2D eigenvalue weighted by Gasteiger charge is -2.10. The minimum Gasteiger partial charge on any atom is -0.488 e. The van der Waals surface area contributed by atoms with E-state index < -0.39 is 10.0 Å². The zero-order chi connectivity index (χ0) is 11.8. The lowest BCUT2D eigenvalue weighted by molar-refractivity contribution is 0.305. The Morgan fingerprint density at radius 2 is 2.12 bits per heavy atom. The fourth-order valence-corrected chi connectivity index (χ4v) is 1.85. The summed E-state index contributed by atoms with van der Waals surface area (Å²) in [5, 5.41) is 0. The first-order chi connectivity index (χ1) is 7.44.